The lowest BCUT2D eigenvalue weighted by Crippen LogP contribution is -2.66. The first kappa shape index (κ1) is 29.4. The van der Waals surface area contributed by atoms with Crippen molar-refractivity contribution >= 4 is 0 Å². The van der Waals surface area contributed by atoms with Gasteiger partial charge < -0.3 is 49.6 Å². The summed E-state index contributed by atoms with van der Waals surface area (Å²) >= 11 is 0. The van der Waals surface area contributed by atoms with Gasteiger partial charge in [0.05, 0.1) is 37.3 Å². The van der Waals surface area contributed by atoms with Crippen LogP contribution in [-0.2, 0) is 9.47 Å². The summed E-state index contributed by atoms with van der Waals surface area (Å²) in [6.07, 6.45) is -1.06. The van der Waals surface area contributed by atoms with Gasteiger partial charge in [0, 0.05) is 22.8 Å². The number of ether oxygens (including phenoxy) is 2. The fraction of sp³-hybridized carbons (Fsp3) is 0.767. The zero-order valence-corrected chi connectivity index (χ0v) is 23.2. The van der Waals surface area contributed by atoms with E-state index in [1.807, 2.05) is 13.0 Å². The molecule has 11 heteroatoms. The average molecular weight is 579 g/mol. The third kappa shape index (κ3) is 4.31. The van der Waals surface area contributed by atoms with Crippen molar-refractivity contribution < 1.29 is 49.6 Å². The second-order valence-electron chi connectivity index (χ2n) is 13.2. The minimum absolute atomic E-state index is 0.0860. The SMILES string of the molecule is C[C@]12C[C@H](O)[C@H]3[C@@H](CCC4=C[C@@H](O[C@@H]5O[C@H](CO)[C@@H](O)[C@H](O)[C@H]5O)CC[C@@]43CO)[C@@]1(O)CC[C@@H]2c1ccc(=O)oc1. The zero-order chi connectivity index (χ0) is 29.3. The van der Waals surface area contributed by atoms with Gasteiger partial charge in [-0.05, 0) is 68.4 Å². The molecule has 0 radical (unpaired) electrons. The molecule has 2 heterocycles. The Bertz CT molecular complexity index is 1190. The topological polar surface area (TPSA) is 190 Å². The maximum Gasteiger partial charge on any atom is 0.335 e. The first-order valence-corrected chi connectivity index (χ1v) is 14.8. The number of aliphatic hydroxyl groups excluding tert-OH is 6. The zero-order valence-electron chi connectivity index (χ0n) is 23.2. The van der Waals surface area contributed by atoms with E-state index in [1.54, 1.807) is 6.07 Å². The Hall–Kier alpha value is -1.67. The molecular formula is C30H42O11. The molecule has 1 aromatic rings. The highest BCUT2D eigenvalue weighted by Crippen LogP contribution is 2.70. The molecule has 3 saturated carbocycles. The Morgan fingerprint density at radius 3 is 2.49 bits per heavy atom. The van der Waals surface area contributed by atoms with Crippen molar-refractivity contribution in [1.29, 1.82) is 0 Å². The standard InChI is InChI=1S/C30H42O11/c1-28-11-20(33)23-19(30(28,38)9-7-18(28)15-2-5-22(34)39-13-15)4-3-16-10-17(6-8-29(16,23)14-32)40-27-26(37)25(36)24(35)21(12-31)41-27/h2,5,10,13,17-21,23-27,31-33,35-38H,3-4,6-9,11-12,14H2,1H3/t17-,18+,19+,20-,21+,23+,24+,25-,26+,27+,28+,29+,30-/m0/s1. The summed E-state index contributed by atoms with van der Waals surface area (Å²) in [6.45, 7) is 1.29. The summed E-state index contributed by atoms with van der Waals surface area (Å²) in [5.41, 5.74) is -1.12. The first-order chi connectivity index (χ1) is 19.5. The molecule has 5 aliphatic rings. The van der Waals surface area contributed by atoms with E-state index in [9.17, 15) is 40.5 Å². The van der Waals surface area contributed by atoms with Crippen LogP contribution < -0.4 is 5.63 Å². The smallest absolute Gasteiger partial charge is 0.335 e. The second kappa shape index (κ2) is 10.5. The van der Waals surface area contributed by atoms with Gasteiger partial charge >= 0.3 is 5.63 Å². The predicted octanol–water partition coefficient (Wildman–Crippen LogP) is -0.0706. The first-order valence-electron chi connectivity index (χ1n) is 14.8. The summed E-state index contributed by atoms with van der Waals surface area (Å²) in [5.74, 6) is -0.701. The van der Waals surface area contributed by atoms with Crippen LogP contribution in [0.4, 0.5) is 0 Å². The predicted molar refractivity (Wildman–Crippen MR) is 142 cm³/mol. The molecule has 0 amide bonds. The van der Waals surface area contributed by atoms with Crippen molar-refractivity contribution in [2.45, 2.75) is 106 Å². The molecule has 0 bridgehead atoms. The second-order valence-corrected chi connectivity index (χ2v) is 13.2. The monoisotopic (exact) mass is 578 g/mol. The summed E-state index contributed by atoms with van der Waals surface area (Å²) in [5, 5.41) is 75.3. The molecule has 4 aliphatic carbocycles. The highest BCUT2D eigenvalue weighted by Gasteiger charge is 2.69. The number of rotatable bonds is 5. The van der Waals surface area contributed by atoms with Crippen LogP contribution in [0.25, 0.3) is 0 Å². The largest absolute Gasteiger partial charge is 0.431 e. The normalized spacial score (nSPS) is 49.5. The fourth-order valence-corrected chi connectivity index (χ4v) is 9.40. The Morgan fingerprint density at radius 1 is 1.02 bits per heavy atom. The van der Waals surface area contributed by atoms with E-state index in [1.165, 1.54) is 12.3 Å². The Balaban J connectivity index is 1.26. The van der Waals surface area contributed by atoms with Crippen LogP contribution in [0, 0.1) is 22.7 Å². The molecule has 0 unspecified atom stereocenters. The summed E-state index contributed by atoms with van der Waals surface area (Å²) < 4.78 is 16.7. The lowest BCUT2D eigenvalue weighted by molar-refractivity contribution is -0.309. The Kier molecular flexibility index (Phi) is 7.53. The average Bonchev–Trinajstić information content (AvgIpc) is 3.23. The third-order valence-corrected chi connectivity index (χ3v) is 11.5. The van der Waals surface area contributed by atoms with Gasteiger partial charge in [-0.1, -0.05) is 18.6 Å². The molecule has 228 valence electrons. The molecule has 41 heavy (non-hydrogen) atoms. The highest BCUT2D eigenvalue weighted by atomic mass is 16.7. The lowest BCUT2D eigenvalue weighted by Gasteiger charge is -2.63. The summed E-state index contributed by atoms with van der Waals surface area (Å²) in [4.78, 5) is 11.6. The van der Waals surface area contributed by atoms with E-state index in [4.69, 9.17) is 13.9 Å². The van der Waals surface area contributed by atoms with Gasteiger partial charge in [-0.2, -0.15) is 0 Å². The maximum atomic E-state index is 12.4. The molecule has 1 aliphatic heterocycles. The van der Waals surface area contributed by atoms with Crippen molar-refractivity contribution in [3.05, 3.63) is 46.0 Å². The van der Waals surface area contributed by atoms with Gasteiger partial charge in [0.15, 0.2) is 6.29 Å². The minimum atomic E-state index is -1.54. The molecule has 7 N–H and O–H groups in total. The van der Waals surface area contributed by atoms with Gasteiger partial charge in [0.2, 0.25) is 0 Å². The van der Waals surface area contributed by atoms with Crippen LogP contribution >= 0.6 is 0 Å². The van der Waals surface area contributed by atoms with Crippen molar-refractivity contribution in [2.24, 2.45) is 22.7 Å². The van der Waals surface area contributed by atoms with Crippen molar-refractivity contribution in [2.75, 3.05) is 13.2 Å². The van der Waals surface area contributed by atoms with Gasteiger partial charge in [0.25, 0.3) is 0 Å². The maximum absolute atomic E-state index is 12.4. The Labute approximate surface area is 238 Å². The lowest BCUT2D eigenvalue weighted by atomic mass is 9.44. The Morgan fingerprint density at radius 2 is 1.80 bits per heavy atom. The van der Waals surface area contributed by atoms with Crippen LogP contribution in [0.5, 0.6) is 0 Å². The molecule has 0 aromatic carbocycles. The van der Waals surface area contributed by atoms with Crippen LogP contribution in [0.1, 0.15) is 63.4 Å². The molecule has 4 fully saturated rings. The molecule has 0 spiro atoms. The summed E-state index contributed by atoms with van der Waals surface area (Å²) in [7, 11) is 0. The fourth-order valence-electron chi connectivity index (χ4n) is 9.40. The molecule has 6 rings (SSSR count). The number of aliphatic hydroxyl groups is 7. The third-order valence-electron chi connectivity index (χ3n) is 11.5. The van der Waals surface area contributed by atoms with Crippen molar-refractivity contribution in [3.8, 4) is 0 Å². The van der Waals surface area contributed by atoms with Crippen LogP contribution in [0.3, 0.4) is 0 Å². The summed E-state index contributed by atoms with van der Waals surface area (Å²) in [6, 6.07) is 3.14. The van der Waals surface area contributed by atoms with Gasteiger partial charge in [-0.3, -0.25) is 0 Å². The molecule has 1 aromatic heterocycles. The molecule has 11 nitrogen and oxygen atoms in total. The number of fused-ring (bicyclic) bond motifs is 5. The van der Waals surface area contributed by atoms with Crippen LogP contribution in [-0.4, -0.2) is 97.5 Å². The van der Waals surface area contributed by atoms with Gasteiger partial charge in [0.1, 0.15) is 24.4 Å². The van der Waals surface area contributed by atoms with E-state index in [-0.39, 0.29) is 24.4 Å². The van der Waals surface area contributed by atoms with E-state index in [0.29, 0.717) is 44.9 Å². The van der Waals surface area contributed by atoms with E-state index >= 15 is 0 Å². The van der Waals surface area contributed by atoms with Crippen LogP contribution in [0.15, 0.2) is 39.3 Å². The minimum Gasteiger partial charge on any atom is -0.431 e. The van der Waals surface area contributed by atoms with Gasteiger partial charge in [-0.15, -0.1) is 0 Å². The van der Waals surface area contributed by atoms with E-state index in [2.05, 4.69) is 0 Å². The molecule has 1 saturated heterocycles. The quantitative estimate of drug-likeness (QED) is 0.232. The van der Waals surface area contributed by atoms with Crippen molar-refractivity contribution in [3.63, 3.8) is 0 Å². The molecule has 13 atom stereocenters. The molecular weight excluding hydrogens is 536 g/mol. The van der Waals surface area contributed by atoms with Crippen molar-refractivity contribution in [1.82, 2.24) is 0 Å². The highest BCUT2D eigenvalue weighted by molar-refractivity contribution is 5.33. The number of hydrogen-bond donors (Lipinski definition) is 7. The number of hydrogen-bond acceptors (Lipinski definition) is 11. The van der Waals surface area contributed by atoms with E-state index in [0.717, 1.165) is 11.1 Å². The van der Waals surface area contributed by atoms with Gasteiger partial charge in [-0.25, -0.2) is 4.79 Å². The van der Waals surface area contributed by atoms with E-state index < -0.39 is 71.6 Å². The van der Waals surface area contributed by atoms with Crippen LogP contribution in [0.2, 0.25) is 0 Å².